The van der Waals surface area contributed by atoms with Crippen molar-refractivity contribution in [1.29, 1.82) is 0 Å². The first-order valence-corrected chi connectivity index (χ1v) is 8.35. The summed E-state index contributed by atoms with van der Waals surface area (Å²) < 4.78 is 5.01. The zero-order valence-corrected chi connectivity index (χ0v) is 14.6. The molecule has 1 unspecified atom stereocenters. The van der Waals surface area contributed by atoms with Crippen LogP contribution in [0.3, 0.4) is 0 Å². The predicted octanol–water partition coefficient (Wildman–Crippen LogP) is 2.23. The van der Waals surface area contributed by atoms with Crippen molar-refractivity contribution in [2.24, 2.45) is 0 Å². The maximum absolute atomic E-state index is 12.1. The number of carbonyl (C=O) groups excluding carboxylic acids is 3. The van der Waals surface area contributed by atoms with Crippen LogP contribution < -0.4 is 10.6 Å². The van der Waals surface area contributed by atoms with Gasteiger partial charge in [0.25, 0.3) is 0 Å². The molecule has 136 valence electrons. The van der Waals surface area contributed by atoms with E-state index in [1.807, 2.05) is 60.7 Å². The number of rotatable bonds is 8. The van der Waals surface area contributed by atoms with Gasteiger partial charge in [-0.05, 0) is 18.1 Å². The molecule has 0 fully saturated rings. The Labute approximate surface area is 152 Å². The van der Waals surface area contributed by atoms with Crippen molar-refractivity contribution in [2.45, 2.75) is 26.0 Å². The Morgan fingerprint density at radius 1 is 0.923 bits per heavy atom. The smallest absolute Gasteiger partial charge is 0.407 e. The van der Waals surface area contributed by atoms with E-state index >= 15 is 0 Å². The summed E-state index contributed by atoms with van der Waals surface area (Å²) in [6, 6.07) is 17.9. The Hall–Kier alpha value is -3.15. The van der Waals surface area contributed by atoms with Crippen LogP contribution in [0.25, 0.3) is 0 Å². The fourth-order valence-corrected chi connectivity index (χ4v) is 2.25. The van der Waals surface area contributed by atoms with E-state index in [9.17, 15) is 14.4 Å². The van der Waals surface area contributed by atoms with Gasteiger partial charge < -0.3 is 15.4 Å². The minimum absolute atomic E-state index is 0.101. The van der Waals surface area contributed by atoms with E-state index < -0.39 is 18.0 Å². The molecule has 0 saturated heterocycles. The zero-order valence-electron chi connectivity index (χ0n) is 14.6. The number of alkyl carbamates (subject to hydrolysis) is 1. The Kier molecular flexibility index (Phi) is 7.36. The minimum atomic E-state index is -0.688. The van der Waals surface area contributed by atoms with Crippen molar-refractivity contribution >= 4 is 17.8 Å². The Morgan fingerprint density at radius 2 is 1.50 bits per heavy atom. The minimum Gasteiger partial charge on any atom is -0.445 e. The molecule has 0 aliphatic carbocycles. The molecule has 0 radical (unpaired) electrons. The average molecular weight is 354 g/mol. The van der Waals surface area contributed by atoms with E-state index in [1.165, 1.54) is 0 Å². The van der Waals surface area contributed by atoms with Crippen molar-refractivity contribution in [3.8, 4) is 0 Å². The number of amides is 2. The van der Waals surface area contributed by atoms with Crippen molar-refractivity contribution in [1.82, 2.24) is 10.6 Å². The molecule has 0 heterocycles. The van der Waals surface area contributed by atoms with E-state index in [2.05, 4.69) is 10.6 Å². The highest BCUT2D eigenvalue weighted by Crippen LogP contribution is 2.02. The van der Waals surface area contributed by atoms with Crippen LogP contribution in [-0.4, -0.2) is 30.4 Å². The number of hydrogen-bond donors (Lipinski definition) is 2. The third-order valence-corrected chi connectivity index (χ3v) is 3.69. The zero-order chi connectivity index (χ0) is 18.8. The number of nitrogens with one attached hydrogen (secondary N) is 2. The lowest BCUT2D eigenvalue weighted by atomic mass is 10.0. The number of Topliss-reactive ketones (excluding diaryl/α,β-unsaturated/α-hetero) is 1. The van der Waals surface area contributed by atoms with Crippen LogP contribution in [0.2, 0.25) is 0 Å². The van der Waals surface area contributed by atoms with Gasteiger partial charge in [-0.15, -0.1) is 0 Å². The maximum atomic E-state index is 12.1. The Bertz CT molecular complexity index is 732. The molecule has 0 aliphatic heterocycles. The highest BCUT2D eigenvalue weighted by molar-refractivity contribution is 5.91. The molecule has 1 atom stereocenters. The summed E-state index contributed by atoms with van der Waals surface area (Å²) in [5, 5.41) is 4.93. The lowest BCUT2D eigenvalue weighted by molar-refractivity contribution is -0.126. The van der Waals surface area contributed by atoms with Crippen molar-refractivity contribution in [3.05, 3.63) is 71.8 Å². The summed E-state index contributed by atoms with van der Waals surface area (Å²) in [5.74, 6) is -0.549. The monoisotopic (exact) mass is 354 g/mol. The maximum Gasteiger partial charge on any atom is 0.407 e. The van der Waals surface area contributed by atoms with Gasteiger partial charge in [0.1, 0.15) is 13.2 Å². The van der Waals surface area contributed by atoms with Crippen LogP contribution in [0.5, 0.6) is 0 Å². The fourth-order valence-electron chi connectivity index (χ4n) is 2.25. The molecule has 0 saturated carbocycles. The van der Waals surface area contributed by atoms with E-state index in [1.54, 1.807) is 6.92 Å². The predicted molar refractivity (Wildman–Crippen MR) is 97.4 cm³/mol. The molecule has 2 amide bonds. The van der Waals surface area contributed by atoms with E-state index in [0.29, 0.717) is 0 Å². The largest absolute Gasteiger partial charge is 0.445 e. The first kappa shape index (κ1) is 19.2. The molecule has 0 aromatic heterocycles. The topological polar surface area (TPSA) is 84.5 Å². The standard InChI is InChI=1S/C20H22N2O4/c1-15(18(23)12-16-8-4-2-5-9-16)22-19(24)13-21-20(25)26-14-17-10-6-3-7-11-17/h2-11,15H,12-14H2,1H3,(H,21,25)(H,22,24). The van der Waals surface area contributed by atoms with E-state index in [4.69, 9.17) is 4.74 Å². The van der Waals surface area contributed by atoms with Crippen LogP contribution in [0.4, 0.5) is 4.79 Å². The molecule has 0 aliphatic rings. The molecule has 26 heavy (non-hydrogen) atoms. The number of benzene rings is 2. The van der Waals surface area contributed by atoms with Gasteiger partial charge in [-0.25, -0.2) is 4.79 Å². The lowest BCUT2D eigenvalue weighted by Gasteiger charge is -2.13. The first-order chi connectivity index (χ1) is 12.5. The summed E-state index contributed by atoms with van der Waals surface area (Å²) in [7, 11) is 0. The number of carbonyl (C=O) groups is 3. The molecule has 6 nitrogen and oxygen atoms in total. The van der Waals surface area contributed by atoms with Gasteiger partial charge in [0.2, 0.25) is 5.91 Å². The summed E-state index contributed by atoms with van der Waals surface area (Å²) >= 11 is 0. The van der Waals surface area contributed by atoms with Gasteiger partial charge in [-0.2, -0.15) is 0 Å². The van der Waals surface area contributed by atoms with Gasteiger partial charge in [0.05, 0.1) is 6.04 Å². The van der Waals surface area contributed by atoms with Crippen LogP contribution in [0.15, 0.2) is 60.7 Å². The average Bonchev–Trinajstić information content (AvgIpc) is 2.66. The second-order valence-corrected chi connectivity index (χ2v) is 5.83. The second kappa shape index (κ2) is 9.98. The SMILES string of the molecule is CC(NC(=O)CNC(=O)OCc1ccccc1)C(=O)Cc1ccccc1. The third kappa shape index (κ3) is 6.76. The fraction of sp³-hybridized carbons (Fsp3) is 0.250. The molecule has 2 aromatic carbocycles. The quantitative estimate of drug-likeness (QED) is 0.761. The molecule has 2 rings (SSSR count). The van der Waals surface area contributed by atoms with Gasteiger partial charge in [0, 0.05) is 6.42 Å². The van der Waals surface area contributed by atoms with E-state index in [0.717, 1.165) is 11.1 Å². The van der Waals surface area contributed by atoms with Gasteiger partial charge in [0.15, 0.2) is 5.78 Å². The summed E-state index contributed by atoms with van der Waals surface area (Å²) in [5.41, 5.74) is 1.74. The molecule has 0 spiro atoms. The van der Waals surface area contributed by atoms with Crippen molar-refractivity contribution < 1.29 is 19.1 Å². The highest BCUT2D eigenvalue weighted by Gasteiger charge is 2.16. The molecule has 2 aromatic rings. The van der Waals surface area contributed by atoms with Gasteiger partial charge in [-0.1, -0.05) is 60.7 Å². The Balaban J connectivity index is 1.67. The number of ketones is 1. The lowest BCUT2D eigenvalue weighted by Crippen LogP contribution is -2.44. The van der Waals surface area contributed by atoms with Crippen LogP contribution in [0, 0.1) is 0 Å². The molecule has 6 heteroatoms. The number of ether oxygens (including phenoxy) is 1. The van der Waals surface area contributed by atoms with Crippen LogP contribution in [0.1, 0.15) is 18.1 Å². The summed E-state index contributed by atoms with van der Waals surface area (Å²) in [6.07, 6.45) is -0.443. The van der Waals surface area contributed by atoms with Crippen molar-refractivity contribution in [2.75, 3.05) is 6.54 Å². The summed E-state index contributed by atoms with van der Waals surface area (Å²) in [6.45, 7) is 1.49. The van der Waals surface area contributed by atoms with Gasteiger partial charge in [-0.3, -0.25) is 9.59 Å². The molecular formula is C20H22N2O4. The first-order valence-electron chi connectivity index (χ1n) is 8.35. The number of hydrogen-bond acceptors (Lipinski definition) is 4. The third-order valence-electron chi connectivity index (χ3n) is 3.69. The van der Waals surface area contributed by atoms with Crippen LogP contribution in [-0.2, 0) is 27.4 Å². The van der Waals surface area contributed by atoms with E-state index in [-0.39, 0.29) is 25.4 Å². The molecular weight excluding hydrogens is 332 g/mol. The normalized spacial score (nSPS) is 11.3. The van der Waals surface area contributed by atoms with Gasteiger partial charge >= 0.3 is 6.09 Å². The Morgan fingerprint density at radius 3 is 2.12 bits per heavy atom. The molecule has 2 N–H and O–H groups in total. The highest BCUT2D eigenvalue weighted by atomic mass is 16.5. The second-order valence-electron chi connectivity index (χ2n) is 5.83. The molecule has 0 bridgehead atoms. The van der Waals surface area contributed by atoms with Crippen LogP contribution >= 0.6 is 0 Å². The summed E-state index contributed by atoms with van der Waals surface area (Å²) in [4.78, 5) is 35.6. The van der Waals surface area contributed by atoms with Crippen molar-refractivity contribution in [3.63, 3.8) is 0 Å².